The van der Waals surface area contributed by atoms with Crippen molar-refractivity contribution in [2.75, 3.05) is 4.90 Å². The van der Waals surface area contributed by atoms with E-state index in [4.69, 9.17) is 0 Å². The standard InChI is InChI=1S/C59H41N/c1-4-18-42(19-5-1)45-22-14-23-46(40-45)47-24-15-29-51(41-47)60(50-38-36-44(37-39-50)53-32-16-21-43-20-10-11-30-52(43)53)57-35-17-34-56-58(57)54-31-12-13-33-55(54)59(56,48-25-6-2-7-26-48)49-27-8-3-9-28-49/h1-41H. The molecule has 1 heteroatoms. The van der Waals surface area contributed by atoms with Gasteiger partial charge in [-0.05, 0) is 108 Å². The van der Waals surface area contributed by atoms with Crippen LogP contribution in [0.25, 0.3) is 55.3 Å². The average Bonchev–Trinajstić information content (AvgIpc) is 3.64. The summed E-state index contributed by atoms with van der Waals surface area (Å²) in [5.74, 6) is 0. The molecule has 1 nitrogen and oxygen atoms in total. The van der Waals surface area contributed by atoms with Gasteiger partial charge in [0, 0.05) is 16.9 Å². The number of benzene rings is 10. The Morgan fingerprint density at radius 2 is 0.817 bits per heavy atom. The van der Waals surface area contributed by atoms with Crippen LogP contribution in [-0.4, -0.2) is 0 Å². The Morgan fingerprint density at radius 3 is 1.57 bits per heavy atom. The van der Waals surface area contributed by atoms with E-state index in [1.807, 2.05) is 0 Å². The molecule has 0 unspecified atom stereocenters. The van der Waals surface area contributed by atoms with Gasteiger partial charge in [0.15, 0.2) is 0 Å². The summed E-state index contributed by atoms with van der Waals surface area (Å²) in [6.07, 6.45) is 0. The molecule has 10 aromatic carbocycles. The topological polar surface area (TPSA) is 3.24 Å². The maximum Gasteiger partial charge on any atom is 0.0714 e. The first-order valence-electron chi connectivity index (χ1n) is 20.8. The molecule has 0 saturated heterocycles. The normalized spacial score (nSPS) is 12.5. The summed E-state index contributed by atoms with van der Waals surface area (Å²) in [5.41, 5.74) is 17.6. The fraction of sp³-hybridized carbons (Fsp3) is 0.0169. The zero-order valence-electron chi connectivity index (χ0n) is 33.1. The van der Waals surface area contributed by atoms with E-state index in [0.29, 0.717) is 0 Å². The molecule has 0 atom stereocenters. The third kappa shape index (κ3) is 5.86. The van der Waals surface area contributed by atoms with E-state index in [1.54, 1.807) is 0 Å². The van der Waals surface area contributed by atoms with Gasteiger partial charge in [0.05, 0.1) is 11.1 Å². The highest BCUT2D eigenvalue weighted by atomic mass is 15.1. The van der Waals surface area contributed by atoms with Gasteiger partial charge in [-0.3, -0.25) is 0 Å². The Bertz CT molecular complexity index is 3090. The lowest BCUT2D eigenvalue weighted by Crippen LogP contribution is -2.28. The molecule has 0 aliphatic heterocycles. The zero-order valence-corrected chi connectivity index (χ0v) is 33.1. The fourth-order valence-corrected chi connectivity index (χ4v) is 9.69. The van der Waals surface area contributed by atoms with Crippen LogP contribution in [0.4, 0.5) is 17.1 Å². The molecule has 60 heavy (non-hydrogen) atoms. The van der Waals surface area contributed by atoms with E-state index in [0.717, 1.165) is 17.1 Å². The third-order valence-corrected chi connectivity index (χ3v) is 12.3. The summed E-state index contributed by atoms with van der Waals surface area (Å²) in [6.45, 7) is 0. The average molecular weight is 764 g/mol. The van der Waals surface area contributed by atoms with Gasteiger partial charge in [0.2, 0.25) is 0 Å². The molecule has 0 aromatic heterocycles. The third-order valence-electron chi connectivity index (χ3n) is 12.3. The zero-order chi connectivity index (χ0) is 39.9. The molecular weight excluding hydrogens is 723 g/mol. The monoisotopic (exact) mass is 763 g/mol. The Balaban J connectivity index is 1.14. The predicted molar refractivity (Wildman–Crippen MR) is 252 cm³/mol. The second-order valence-corrected chi connectivity index (χ2v) is 15.6. The molecule has 0 fully saturated rings. The predicted octanol–water partition coefficient (Wildman–Crippen LogP) is 15.7. The quantitative estimate of drug-likeness (QED) is 0.149. The minimum atomic E-state index is -0.506. The van der Waals surface area contributed by atoms with Crippen molar-refractivity contribution in [2.24, 2.45) is 0 Å². The molecule has 0 spiro atoms. The summed E-state index contributed by atoms with van der Waals surface area (Å²) >= 11 is 0. The van der Waals surface area contributed by atoms with Crippen LogP contribution in [0.1, 0.15) is 22.3 Å². The number of anilines is 3. The summed E-state index contributed by atoms with van der Waals surface area (Å²) < 4.78 is 0. The van der Waals surface area contributed by atoms with Crippen molar-refractivity contribution in [2.45, 2.75) is 5.41 Å². The highest BCUT2D eigenvalue weighted by molar-refractivity contribution is 5.99. The van der Waals surface area contributed by atoms with Crippen molar-refractivity contribution >= 4 is 27.8 Å². The molecule has 0 heterocycles. The minimum Gasteiger partial charge on any atom is -0.310 e. The van der Waals surface area contributed by atoms with Gasteiger partial charge in [0.25, 0.3) is 0 Å². The summed E-state index contributed by atoms with van der Waals surface area (Å²) in [7, 11) is 0. The van der Waals surface area contributed by atoms with Crippen molar-refractivity contribution in [3.8, 4) is 44.5 Å². The van der Waals surface area contributed by atoms with Crippen LogP contribution >= 0.6 is 0 Å². The van der Waals surface area contributed by atoms with Crippen LogP contribution in [0.5, 0.6) is 0 Å². The molecule has 0 bridgehead atoms. The lowest BCUT2D eigenvalue weighted by Gasteiger charge is -2.34. The van der Waals surface area contributed by atoms with Gasteiger partial charge >= 0.3 is 0 Å². The smallest absolute Gasteiger partial charge is 0.0714 e. The Morgan fingerprint density at radius 1 is 0.300 bits per heavy atom. The van der Waals surface area contributed by atoms with E-state index >= 15 is 0 Å². The second-order valence-electron chi connectivity index (χ2n) is 15.6. The van der Waals surface area contributed by atoms with Crippen LogP contribution in [0.2, 0.25) is 0 Å². The highest BCUT2D eigenvalue weighted by Gasteiger charge is 2.47. The Labute approximate surface area is 352 Å². The summed E-state index contributed by atoms with van der Waals surface area (Å²) in [6, 6.07) is 91.0. The van der Waals surface area contributed by atoms with Crippen molar-refractivity contribution in [3.63, 3.8) is 0 Å². The molecule has 282 valence electrons. The van der Waals surface area contributed by atoms with Gasteiger partial charge < -0.3 is 4.90 Å². The van der Waals surface area contributed by atoms with Gasteiger partial charge in [0.1, 0.15) is 0 Å². The molecule has 11 rings (SSSR count). The lowest BCUT2D eigenvalue weighted by atomic mass is 9.68. The van der Waals surface area contributed by atoms with E-state index in [1.165, 1.54) is 77.5 Å². The first-order chi connectivity index (χ1) is 29.8. The van der Waals surface area contributed by atoms with Crippen LogP contribution < -0.4 is 4.90 Å². The molecule has 0 amide bonds. The van der Waals surface area contributed by atoms with E-state index in [-0.39, 0.29) is 0 Å². The van der Waals surface area contributed by atoms with Crippen molar-refractivity contribution in [1.29, 1.82) is 0 Å². The Hall–Kier alpha value is -7.74. The van der Waals surface area contributed by atoms with Gasteiger partial charge in [-0.1, -0.05) is 212 Å². The summed E-state index contributed by atoms with van der Waals surface area (Å²) in [4.78, 5) is 2.47. The van der Waals surface area contributed by atoms with E-state index in [9.17, 15) is 0 Å². The molecule has 0 saturated carbocycles. The van der Waals surface area contributed by atoms with Crippen LogP contribution in [0.15, 0.2) is 249 Å². The van der Waals surface area contributed by atoms with Crippen LogP contribution in [0.3, 0.4) is 0 Å². The number of nitrogens with zero attached hydrogens (tertiary/aromatic N) is 1. The number of fused-ring (bicyclic) bond motifs is 4. The van der Waals surface area contributed by atoms with E-state index < -0.39 is 5.41 Å². The maximum atomic E-state index is 2.47. The molecule has 0 N–H and O–H groups in total. The maximum absolute atomic E-state index is 2.47. The summed E-state index contributed by atoms with van der Waals surface area (Å²) in [5, 5.41) is 2.50. The first-order valence-corrected chi connectivity index (χ1v) is 20.8. The van der Waals surface area contributed by atoms with Gasteiger partial charge in [-0.15, -0.1) is 0 Å². The SMILES string of the molecule is c1ccc(-c2cccc(-c3cccc(N(c4ccc(-c5cccc6ccccc56)cc4)c4cccc5c4-c4ccccc4C5(c4ccccc4)c4ccccc4)c3)c2)cc1. The largest absolute Gasteiger partial charge is 0.310 e. The van der Waals surface area contributed by atoms with Crippen LogP contribution in [0, 0.1) is 0 Å². The van der Waals surface area contributed by atoms with E-state index in [2.05, 4.69) is 254 Å². The van der Waals surface area contributed by atoms with Crippen molar-refractivity contribution in [3.05, 3.63) is 271 Å². The van der Waals surface area contributed by atoms with Crippen molar-refractivity contribution in [1.82, 2.24) is 0 Å². The minimum absolute atomic E-state index is 0.506. The van der Waals surface area contributed by atoms with Gasteiger partial charge in [-0.25, -0.2) is 0 Å². The second kappa shape index (κ2) is 14.9. The van der Waals surface area contributed by atoms with Crippen molar-refractivity contribution < 1.29 is 0 Å². The van der Waals surface area contributed by atoms with Crippen LogP contribution in [-0.2, 0) is 5.41 Å². The number of hydrogen-bond donors (Lipinski definition) is 0. The van der Waals surface area contributed by atoms with Gasteiger partial charge in [-0.2, -0.15) is 0 Å². The number of rotatable bonds is 8. The highest BCUT2D eigenvalue weighted by Crippen LogP contribution is 2.59. The molecular formula is C59H41N. The molecule has 1 aliphatic carbocycles. The fourth-order valence-electron chi connectivity index (χ4n) is 9.69. The Kier molecular flexibility index (Phi) is 8.79. The number of hydrogen-bond acceptors (Lipinski definition) is 1. The molecule has 1 aliphatic rings. The molecule has 0 radical (unpaired) electrons. The lowest BCUT2D eigenvalue weighted by molar-refractivity contribution is 0.768. The first kappa shape index (κ1) is 35.4. The molecule has 10 aromatic rings.